The first-order chi connectivity index (χ1) is 9.13. The van der Waals surface area contributed by atoms with E-state index in [0.717, 1.165) is 16.9 Å². The number of non-ortho nitro benzene ring substituents is 1. The molecule has 0 atom stereocenters. The summed E-state index contributed by atoms with van der Waals surface area (Å²) in [5.74, 6) is 0. The quantitative estimate of drug-likeness (QED) is 0.500. The fourth-order valence-electron chi connectivity index (χ4n) is 1.86. The molecule has 0 aliphatic heterocycles. The van der Waals surface area contributed by atoms with Gasteiger partial charge in [-0.2, -0.15) is 0 Å². The summed E-state index contributed by atoms with van der Waals surface area (Å²) < 4.78 is 1.82. The summed E-state index contributed by atoms with van der Waals surface area (Å²) in [6.45, 7) is 0. The van der Waals surface area contributed by atoms with Gasteiger partial charge in [-0.25, -0.2) is 4.98 Å². The first-order valence-electron chi connectivity index (χ1n) is 5.52. The number of hydrogen-bond acceptors (Lipinski definition) is 3. The van der Waals surface area contributed by atoms with Crippen molar-refractivity contribution in [3.05, 3.63) is 63.9 Å². The molecule has 0 radical (unpaired) electrons. The zero-order valence-electron chi connectivity index (χ0n) is 10.0. The lowest BCUT2D eigenvalue weighted by molar-refractivity contribution is -0.384. The minimum Gasteiger partial charge on any atom is -1.00 e. The predicted molar refractivity (Wildman–Crippen MR) is 72.3 cm³/mol. The molecule has 0 bridgehead atoms. The SMILES string of the molecule is O=[N+]([O-])c1ccc(-c2cn3cc(Cl)ccc3n2)cc1.[Br-]. The Labute approximate surface area is 129 Å². The Kier molecular flexibility index (Phi) is 4.06. The van der Waals surface area contributed by atoms with E-state index in [2.05, 4.69) is 4.98 Å². The number of imidazole rings is 1. The van der Waals surface area contributed by atoms with Gasteiger partial charge in [0.25, 0.3) is 5.69 Å². The van der Waals surface area contributed by atoms with E-state index in [9.17, 15) is 10.1 Å². The lowest BCUT2D eigenvalue weighted by Crippen LogP contribution is -3.00. The molecule has 5 nitrogen and oxygen atoms in total. The van der Waals surface area contributed by atoms with E-state index >= 15 is 0 Å². The summed E-state index contributed by atoms with van der Waals surface area (Å²) >= 11 is 5.91. The number of pyridine rings is 1. The van der Waals surface area contributed by atoms with Crippen molar-refractivity contribution in [1.29, 1.82) is 0 Å². The van der Waals surface area contributed by atoms with Crippen LogP contribution in [0.1, 0.15) is 0 Å². The number of halogens is 2. The van der Waals surface area contributed by atoms with Crippen LogP contribution >= 0.6 is 11.6 Å². The highest BCUT2D eigenvalue weighted by Gasteiger charge is 2.08. The van der Waals surface area contributed by atoms with Crippen molar-refractivity contribution in [2.24, 2.45) is 0 Å². The summed E-state index contributed by atoms with van der Waals surface area (Å²) in [5, 5.41) is 11.2. The molecule has 0 aliphatic carbocycles. The van der Waals surface area contributed by atoms with E-state index in [4.69, 9.17) is 11.6 Å². The van der Waals surface area contributed by atoms with Crippen LogP contribution in [0.15, 0.2) is 48.8 Å². The standard InChI is InChI=1S/C13H8ClN3O2.BrH/c14-10-3-6-13-15-12(8-16(13)7-10)9-1-4-11(5-2-9)17(18)19;/h1-8H;1H/p-1. The third-order valence-electron chi connectivity index (χ3n) is 2.79. The predicted octanol–water partition coefficient (Wildman–Crippen LogP) is 0.567. The second-order valence-corrected chi connectivity index (χ2v) is 4.48. The maximum Gasteiger partial charge on any atom is 0.269 e. The number of nitro groups is 1. The molecule has 0 saturated heterocycles. The monoisotopic (exact) mass is 352 g/mol. The lowest BCUT2D eigenvalue weighted by Gasteiger charge is -1.95. The first-order valence-corrected chi connectivity index (χ1v) is 5.90. The zero-order chi connectivity index (χ0) is 13.4. The van der Waals surface area contributed by atoms with E-state index in [1.165, 1.54) is 12.1 Å². The molecule has 7 heteroatoms. The Morgan fingerprint density at radius 3 is 2.45 bits per heavy atom. The maximum atomic E-state index is 10.6. The summed E-state index contributed by atoms with van der Waals surface area (Å²) in [7, 11) is 0. The summed E-state index contributed by atoms with van der Waals surface area (Å²) in [5.41, 5.74) is 2.41. The van der Waals surface area contributed by atoms with Gasteiger partial charge in [0.15, 0.2) is 0 Å². The molecule has 0 spiro atoms. The molecule has 0 aliphatic rings. The largest absolute Gasteiger partial charge is 1.00 e. The fraction of sp³-hybridized carbons (Fsp3) is 0. The van der Waals surface area contributed by atoms with Gasteiger partial charge in [0.1, 0.15) is 5.65 Å². The molecule has 0 unspecified atom stereocenters. The Balaban J connectivity index is 0.00000147. The van der Waals surface area contributed by atoms with Gasteiger partial charge < -0.3 is 21.4 Å². The number of rotatable bonds is 2. The highest BCUT2D eigenvalue weighted by Crippen LogP contribution is 2.22. The Morgan fingerprint density at radius 1 is 1.10 bits per heavy atom. The van der Waals surface area contributed by atoms with Gasteiger partial charge in [0, 0.05) is 30.1 Å². The van der Waals surface area contributed by atoms with E-state index in [0.29, 0.717) is 5.02 Å². The second kappa shape index (κ2) is 5.60. The first kappa shape index (κ1) is 14.5. The van der Waals surface area contributed by atoms with Crippen molar-refractivity contribution < 1.29 is 21.9 Å². The van der Waals surface area contributed by atoms with Crippen molar-refractivity contribution in [2.75, 3.05) is 0 Å². The van der Waals surface area contributed by atoms with Crippen molar-refractivity contribution in [3.63, 3.8) is 0 Å². The van der Waals surface area contributed by atoms with Crippen LogP contribution < -0.4 is 17.0 Å². The zero-order valence-corrected chi connectivity index (χ0v) is 12.4. The Bertz CT molecular complexity index is 771. The Morgan fingerprint density at radius 2 is 1.80 bits per heavy atom. The van der Waals surface area contributed by atoms with Crippen LogP contribution in [0.5, 0.6) is 0 Å². The third-order valence-corrected chi connectivity index (χ3v) is 3.01. The number of benzene rings is 1. The van der Waals surface area contributed by atoms with Crippen molar-refractivity contribution in [3.8, 4) is 11.3 Å². The molecule has 102 valence electrons. The molecule has 0 fully saturated rings. The third kappa shape index (κ3) is 2.66. The normalized spacial score (nSPS) is 10.2. The summed E-state index contributed by atoms with van der Waals surface area (Å²) in [6, 6.07) is 9.88. The average molecular weight is 354 g/mol. The van der Waals surface area contributed by atoms with Gasteiger partial charge in [-0.15, -0.1) is 0 Å². The molecule has 0 N–H and O–H groups in total. The second-order valence-electron chi connectivity index (χ2n) is 4.04. The van der Waals surface area contributed by atoms with Gasteiger partial charge in [-0.1, -0.05) is 11.6 Å². The van der Waals surface area contributed by atoms with Crippen LogP contribution in [0, 0.1) is 10.1 Å². The van der Waals surface area contributed by atoms with Gasteiger partial charge in [-0.3, -0.25) is 10.1 Å². The average Bonchev–Trinajstić information content (AvgIpc) is 2.81. The number of nitro benzene ring substituents is 1. The summed E-state index contributed by atoms with van der Waals surface area (Å²) in [4.78, 5) is 14.6. The van der Waals surface area contributed by atoms with Crippen LogP contribution in [-0.4, -0.2) is 14.3 Å². The van der Waals surface area contributed by atoms with E-state index in [1.54, 1.807) is 24.4 Å². The van der Waals surface area contributed by atoms with Crippen molar-refractivity contribution in [1.82, 2.24) is 9.38 Å². The topological polar surface area (TPSA) is 60.4 Å². The molecule has 20 heavy (non-hydrogen) atoms. The molecule has 2 aromatic heterocycles. The van der Waals surface area contributed by atoms with Crippen LogP contribution in [0.2, 0.25) is 5.02 Å². The number of hydrogen-bond donors (Lipinski definition) is 0. The number of fused-ring (bicyclic) bond motifs is 1. The Hall–Kier alpha value is -1.92. The maximum absolute atomic E-state index is 10.6. The molecular formula is C13H8BrClN3O2-. The smallest absolute Gasteiger partial charge is 0.269 e. The minimum atomic E-state index is -0.423. The molecule has 2 heterocycles. The van der Waals surface area contributed by atoms with Gasteiger partial charge in [0.2, 0.25) is 0 Å². The van der Waals surface area contributed by atoms with Crippen LogP contribution in [-0.2, 0) is 0 Å². The summed E-state index contributed by atoms with van der Waals surface area (Å²) in [6.07, 6.45) is 3.60. The molecule has 1 aromatic carbocycles. The van der Waals surface area contributed by atoms with Gasteiger partial charge >= 0.3 is 0 Å². The molecule has 0 amide bonds. The molecule has 3 aromatic rings. The van der Waals surface area contributed by atoms with Crippen LogP contribution in [0.25, 0.3) is 16.9 Å². The van der Waals surface area contributed by atoms with Gasteiger partial charge in [0.05, 0.1) is 15.6 Å². The van der Waals surface area contributed by atoms with E-state index in [1.807, 2.05) is 16.7 Å². The van der Waals surface area contributed by atoms with Crippen molar-refractivity contribution >= 4 is 22.9 Å². The minimum absolute atomic E-state index is 0. The van der Waals surface area contributed by atoms with E-state index in [-0.39, 0.29) is 22.7 Å². The number of nitrogens with zero attached hydrogens (tertiary/aromatic N) is 3. The number of aromatic nitrogens is 2. The molecule has 0 saturated carbocycles. The molecular weight excluding hydrogens is 346 g/mol. The van der Waals surface area contributed by atoms with Gasteiger partial charge in [-0.05, 0) is 24.3 Å². The highest BCUT2D eigenvalue weighted by atomic mass is 79.9. The highest BCUT2D eigenvalue weighted by molar-refractivity contribution is 6.30. The van der Waals surface area contributed by atoms with Crippen LogP contribution in [0.3, 0.4) is 0 Å². The van der Waals surface area contributed by atoms with E-state index < -0.39 is 4.92 Å². The van der Waals surface area contributed by atoms with Crippen LogP contribution in [0.4, 0.5) is 5.69 Å². The fourth-order valence-corrected chi connectivity index (χ4v) is 2.03. The van der Waals surface area contributed by atoms with Crippen molar-refractivity contribution in [2.45, 2.75) is 0 Å². The molecule has 3 rings (SSSR count). The lowest BCUT2D eigenvalue weighted by atomic mass is 10.1.